The Labute approximate surface area is 84.5 Å². The molecule has 0 unspecified atom stereocenters. The van der Waals surface area contributed by atoms with Crippen molar-refractivity contribution < 1.29 is 9.53 Å². The highest BCUT2D eigenvalue weighted by Gasteiger charge is 2.13. The average Bonchev–Trinajstić information content (AvgIpc) is 2.51. The molecule has 0 spiro atoms. The van der Waals surface area contributed by atoms with Crippen LogP contribution in [0.25, 0.3) is 0 Å². The molecule has 0 atom stereocenters. The molecule has 3 nitrogen and oxygen atoms in total. The molecule has 0 aliphatic carbocycles. The van der Waals surface area contributed by atoms with E-state index in [4.69, 9.17) is 4.74 Å². The van der Waals surface area contributed by atoms with Crippen LogP contribution in [-0.2, 0) is 11.2 Å². The lowest BCUT2D eigenvalue weighted by Gasteiger charge is -2.05. The third kappa shape index (κ3) is 2.62. The molecule has 0 aliphatic rings. The highest BCUT2D eigenvalue weighted by molar-refractivity contribution is 5.89. The lowest BCUT2D eigenvalue weighted by molar-refractivity contribution is 0.0519. The predicted molar refractivity (Wildman–Crippen MR) is 55.3 cm³/mol. The van der Waals surface area contributed by atoms with Crippen LogP contribution in [0.3, 0.4) is 0 Å². The van der Waals surface area contributed by atoms with E-state index < -0.39 is 0 Å². The molecule has 0 aromatic carbocycles. The number of carbonyl (C=O) groups is 1. The maximum atomic E-state index is 11.5. The van der Waals surface area contributed by atoms with Gasteiger partial charge in [-0.05, 0) is 30.9 Å². The molecule has 0 saturated carbocycles. The topological polar surface area (TPSA) is 42.1 Å². The van der Waals surface area contributed by atoms with Crippen molar-refractivity contribution in [2.75, 3.05) is 6.61 Å². The molecule has 78 valence electrons. The van der Waals surface area contributed by atoms with Gasteiger partial charge < -0.3 is 9.72 Å². The van der Waals surface area contributed by atoms with E-state index in [0.717, 1.165) is 12.0 Å². The molecular weight excluding hydrogens is 178 g/mol. The first-order valence-corrected chi connectivity index (χ1v) is 4.98. The zero-order chi connectivity index (χ0) is 10.6. The Morgan fingerprint density at radius 1 is 1.57 bits per heavy atom. The Balaban J connectivity index is 2.76. The van der Waals surface area contributed by atoms with Gasteiger partial charge in [-0.2, -0.15) is 0 Å². The average molecular weight is 195 g/mol. The third-order valence-corrected chi connectivity index (χ3v) is 1.94. The number of hydrogen-bond donors (Lipinski definition) is 1. The minimum absolute atomic E-state index is 0.256. The molecule has 0 fully saturated rings. The van der Waals surface area contributed by atoms with Gasteiger partial charge in [0.25, 0.3) is 0 Å². The highest BCUT2D eigenvalue weighted by atomic mass is 16.5. The number of esters is 1. The minimum atomic E-state index is -0.256. The summed E-state index contributed by atoms with van der Waals surface area (Å²) in [6.45, 7) is 6.48. The van der Waals surface area contributed by atoms with Crippen LogP contribution in [0.2, 0.25) is 0 Å². The van der Waals surface area contributed by atoms with Gasteiger partial charge in [-0.15, -0.1) is 0 Å². The minimum Gasteiger partial charge on any atom is -0.461 e. The van der Waals surface area contributed by atoms with Crippen molar-refractivity contribution in [3.8, 4) is 0 Å². The summed E-state index contributed by atoms with van der Waals surface area (Å²) in [5, 5.41) is 0. The van der Waals surface area contributed by atoms with Crippen LogP contribution < -0.4 is 0 Å². The zero-order valence-corrected chi connectivity index (χ0v) is 8.96. The van der Waals surface area contributed by atoms with Gasteiger partial charge in [0, 0.05) is 6.20 Å². The van der Waals surface area contributed by atoms with Crippen molar-refractivity contribution in [1.82, 2.24) is 4.98 Å². The van der Waals surface area contributed by atoms with Gasteiger partial charge in [-0.25, -0.2) is 4.79 Å². The number of nitrogens with one attached hydrogen (secondary N) is 1. The van der Waals surface area contributed by atoms with Gasteiger partial charge in [0.15, 0.2) is 0 Å². The van der Waals surface area contributed by atoms with E-state index >= 15 is 0 Å². The predicted octanol–water partition coefficient (Wildman–Crippen LogP) is 2.39. The standard InChI is InChI=1S/C11H17NO2/c1-4-14-11(13)10-9(5-6-12-10)7-8(2)3/h5-6,8,12H,4,7H2,1-3H3. The van der Waals surface area contributed by atoms with E-state index in [1.807, 2.05) is 13.0 Å². The second kappa shape index (κ2) is 4.84. The highest BCUT2D eigenvalue weighted by Crippen LogP contribution is 2.13. The number of carbonyl (C=O) groups excluding carboxylic acids is 1. The van der Waals surface area contributed by atoms with E-state index in [1.54, 1.807) is 6.20 Å². The molecular formula is C11H17NO2. The smallest absolute Gasteiger partial charge is 0.355 e. The summed E-state index contributed by atoms with van der Waals surface area (Å²) in [5.41, 5.74) is 1.64. The molecule has 1 N–H and O–H groups in total. The van der Waals surface area contributed by atoms with Crippen LogP contribution in [0, 0.1) is 5.92 Å². The molecule has 1 heterocycles. The van der Waals surface area contributed by atoms with Crippen LogP contribution in [0.5, 0.6) is 0 Å². The van der Waals surface area contributed by atoms with Crippen LogP contribution >= 0.6 is 0 Å². The molecule has 0 amide bonds. The number of aromatic nitrogens is 1. The maximum absolute atomic E-state index is 11.5. The summed E-state index contributed by atoms with van der Waals surface area (Å²) in [4.78, 5) is 14.4. The van der Waals surface area contributed by atoms with Crippen molar-refractivity contribution in [3.63, 3.8) is 0 Å². The molecule has 1 aromatic rings. The van der Waals surface area contributed by atoms with Gasteiger partial charge >= 0.3 is 5.97 Å². The van der Waals surface area contributed by atoms with Crippen LogP contribution in [0.4, 0.5) is 0 Å². The Kier molecular flexibility index (Phi) is 3.74. The summed E-state index contributed by atoms with van der Waals surface area (Å²) in [6, 6.07) is 1.94. The van der Waals surface area contributed by atoms with Gasteiger partial charge in [0.1, 0.15) is 5.69 Å². The molecule has 14 heavy (non-hydrogen) atoms. The van der Waals surface area contributed by atoms with Crippen molar-refractivity contribution in [3.05, 3.63) is 23.5 Å². The fourth-order valence-corrected chi connectivity index (χ4v) is 1.40. The third-order valence-electron chi connectivity index (χ3n) is 1.94. The Morgan fingerprint density at radius 3 is 2.86 bits per heavy atom. The molecule has 1 rings (SSSR count). The van der Waals surface area contributed by atoms with Crippen LogP contribution in [-0.4, -0.2) is 17.6 Å². The Morgan fingerprint density at radius 2 is 2.29 bits per heavy atom. The first-order valence-electron chi connectivity index (χ1n) is 4.98. The number of ether oxygens (including phenoxy) is 1. The molecule has 0 saturated heterocycles. The fraction of sp³-hybridized carbons (Fsp3) is 0.545. The quantitative estimate of drug-likeness (QED) is 0.749. The molecule has 0 bridgehead atoms. The van der Waals surface area contributed by atoms with Crippen molar-refractivity contribution in [1.29, 1.82) is 0 Å². The first-order chi connectivity index (χ1) is 6.65. The zero-order valence-electron chi connectivity index (χ0n) is 8.96. The molecule has 0 radical (unpaired) electrons. The van der Waals surface area contributed by atoms with Gasteiger partial charge in [0.05, 0.1) is 6.61 Å². The Hall–Kier alpha value is -1.25. The van der Waals surface area contributed by atoms with E-state index in [2.05, 4.69) is 18.8 Å². The number of H-pyrrole nitrogens is 1. The number of aromatic amines is 1. The summed E-state index contributed by atoms with van der Waals surface area (Å²) in [6.07, 6.45) is 2.68. The van der Waals surface area contributed by atoms with Gasteiger partial charge in [-0.3, -0.25) is 0 Å². The number of rotatable bonds is 4. The Bertz CT molecular complexity index is 302. The van der Waals surface area contributed by atoms with E-state index in [9.17, 15) is 4.79 Å². The summed E-state index contributed by atoms with van der Waals surface area (Å²) >= 11 is 0. The largest absolute Gasteiger partial charge is 0.461 e. The fourth-order valence-electron chi connectivity index (χ4n) is 1.40. The monoisotopic (exact) mass is 195 g/mol. The molecule has 0 aliphatic heterocycles. The van der Waals surface area contributed by atoms with E-state index in [0.29, 0.717) is 18.2 Å². The van der Waals surface area contributed by atoms with Crippen LogP contribution in [0.15, 0.2) is 12.3 Å². The van der Waals surface area contributed by atoms with E-state index in [1.165, 1.54) is 0 Å². The molecule has 3 heteroatoms. The second-order valence-corrected chi connectivity index (χ2v) is 3.70. The summed E-state index contributed by atoms with van der Waals surface area (Å²) in [5.74, 6) is 0.284. The SMILES string of the molecule is CCOC(=O)c1[nH]ccc1CC(C)C. The lowest BCUT2D eigenvalue weighted by Crippen LogP contribution is -2.08. The number of hydrogen-bond acceptors (Lipinski definition) is 2. The van der Waals surface area contributed by atoms with Crippen molar-refractivity contribution in [2.24, 2.45) is 5.92 Å². The van der Waals surface area contributed by atoms with Crippen molar-refractivity contribution in [2.45, 2.75) is 27.2 Å². The van der Waals surface area contributed by atoms with E-state index in [-0.39, 0.29) is 5.97 Å². The van der Waals surface area contributed by atoms with Crippen LogP contribution in [0.1, 0.15) is 36.8 Å². The first kappa shape index (κ1) is 10.8. The maximum Gasteiger partial charge on any atom is 0.355 e. The second-order valence-electron chi connectivity index (χ2n) is 3.70. The summed E-state index contributed by atoms with van der Waals surface area (Å²) in [7, 11) is 0. The van der Waals surface area contributed by atoms with Crippen molar-refractivity contribution >= 4 is 5.97 Å². The molecule has 1 aromatic heterocycles. The normalized spacial score (nSPS) is 10.6. The van der Waals surface area contributed by atoms with Gasteiger partial charge in [-0.1, -0.05) is 13.8 Å². The lowest BCUT2D eigenvalue weighted by atomic mass is 10.0. The van der Waals surface area contributed by atoms with Gasteiger partial charge in [0.2, 0.25) is 0 Å². The summed E-state index contributed by atoms with van der Waals surface area (Å²) < 4.78 is 4.94.